The number of β-lactam (4-membered cyclic amide) rings is 1. The molecule has 1 aliphatic heterocycles. The summed E-state index contributed by atoms with van der Waals surface area (Å²) in [5.74, 6) is -2.78. The van der Waals surface area contributed by atoms with Gasteiger partial charge < -0.3 is 20.6 Å². The van der Waals surface area contributed by atoms with E-state index < -0.39 is 57.6 Å². The lowest BCUT2D eigenvalue weighted by Gasteiger charge is -2.42. The maximum absolute atomic E-state index is 13.3. The molecule has 1 fully saturated rings. The standard InChI is InChI=1S/C26H27N5O8S2/c1-15-19(23(33)31(15)41(35,36)37)29-22(32)20(18-14-40-25(27)28-18)30-39-26(2,3)24(34)38-21(16-10-6-4-7-11-16)17-12-8-5-9-13-17/h4-15,19,21H,1-3H3,(H2,27,28)(H,29,32)(H,35,36,37)/b30-20-/t15-,19+/m1/s1. The van der Waals surface area contributed by atoms with E-state index in [2.05, 4.69) is 15.5 Å². The second-order valence-corrected chi connectivity index (χ2v) is 11.7. The van der Waals surface area contributed by atoms with Gasteiger partial charge in [0.1, 0.15) is 11.7 Å². The Morgan fingerprint density at radius 1 is 1.12 bits per heavy atom. The second-order valence-electron chi connectivity index (χ2n) is 9.52. The van der Waals surface area contributed by atoms with Gasteiger partial charge in [0.25, 0.3) is 11.8 Å². The van der Waals surface area contributed by atoms with Gasteiger partial charge in [0.15, 0.2) is 16.9 Å². The molecule has 13 nitrogen and oxygen atoms in total. The molecule has 1 aromatic heterocycles. The zero-order chi connectivity index (χ0) is 29.9. The number of nitrogens with one attached hydrogen (secondary N) is 1. The number of oxime groups is 1. The van der Waals surface area contributed by atoms with E-state index in [-0.39, 0.29) is 15.1 Å². The van der Waals surface area contributed by atoms with Crippen molar-refractivity contribution in [3.05, 3.63) is 82.9 Å². The SMILES string of the molecule is C[C@@H]1[C@H](NC(=O)/C(=N\OC(C)(C)C(=O)OC(c2ccccc2)c2ccccc2)c2csc(N)n2)C(=O)N1S(=O)(=O)O. The average molecular weight is 602 g/mol. The fourth-order valence-electron chi connectivity index (χ4n) is 3.94. The van der Waals surface area contributed by atoms with Crippen LogP contribution in [0.25, 0.3) is 0 Å². The Hall–Kier alpha value is -4.34. The van der Waals surface area contributed by atoms with Gasteiger partial charge in [-0.1, -0.05) is 65.8 Å². The van der Waals surface area contributed by atoms with E-state index in [1.165, 1.54) is 26.2 Å². The van der Waals surface area contributed by atoms with Crippen LogP contribution in [0.2, 0.25) is 0 Å². The molecule has 2 heterocycles. The lowest BCUT2D eigenvalue weighted by atomic mass is 10.0. The predicted molar refractivity (Wildman–Crippen MR) is 149 cm³/mol. The van der Waals surface area contributed by atoms with Crippen molar-refractivity contribution in [2.24, 2.45) is 5.16 Å². The van der Waals surface area contributed by atoms with Crippen LogP contribution in [0.5, 0.6) is 0 Å². The third-order valence-corrected chi connectivity index (χ3v) is 7.82. The van der Waals surface area contributed by atoms with Crippen molar-refractivity contribution in [3.63, 3.8) is 0 Å². The number of carbonyl (C=O) groups is 3. The van der Waals surface area contributed by atoms with Crippen molar-refractivity contribution in [2.75, 3.05) is 5.73 Å². The Labute approximate surface area is 239 Å². The molecule has 0 saturated carbocycles. The first kappa shape index (κ1) is 29.6. The number of nitrogen functional groups attached to an aromatic ring is 1. The molecular formula is C26H27N5O8S2. The summed E-state index contributed by atoms with van der Waals surface area (Å²) in [5.41, 5.74) is 5.03. The highest BCUT2D eigenvalue weighted by Crippen LogP contribution is 2.29. The van der Waals surface area contributed by atoms with Gasteiger partial charge in [0.2, 0.25) is 5.60 Å². The van der Waals surface area contributed by atoms with E-state index in [1.54, 1.807) is 0 Å². The molecule has 0 bridgehead atoms. The third kappa shape index (κ3) is 6.53. The number of aromatic nitrogens is 1. The van der Waals surface area contributed by atoms with Crippen LogP contribution < -0.4 is 11.1 Å². The quantitative estimate of drug-likeness (QED) is 0.102. The van der Waals surface area contributed by atoms with Crippen LogP contribution in [0.15, 0.2) is 71.2 Å². The average Bonchev–Trinajstić information content (AvgIpc) is 3.36. The molecule has 3 aromatic rings. The van der Waals surface area contributed by atoms with Crippen molar-refractivity contribution >= 4 is 50.3 Å². The largest absolute Gasteiger partial charge is 0.450 e. The molecule has 1 aliphatic rings. The minimum Gasteiger partial charge on any atom is -0.450 e. The van der Waals surface area contributed by atoms with E-state index >= 15 is 0 Å². The van der Waals surface area contributed by atoms with Crippen molar-refractivity contribution in [3.8, 4) is 0 Å². The summed E-state index contributed by atoms with van der Waals surface area (Å²) in [4.78, 5) is 48.3. The maximum Gasteiger partial charge on any atom is 0.362 e. The fourth-order valence-corrected chi connectivity index (χ4v) is 5.37. The summed E-state index contributed by atoms with van der Waals surface area (Å²) < 4.78 is 38.1. The van der Waals surface area contributed by atoms with Gasteiger partial charge in [-0.25, -0.2) is 14.1 Å². The normalized spacial score (nSPS) is 17.6. The molecule has 216 valence electrons. The van der Waals surface area contributed by atoms with Crippen LogP contribution >= 0.6 is 11.3 Å². The predicted octanol–water partition coefficient (Wildman–Crippen LogP) is 2.08. The Balaban J connectivity index is 1.55. The number of hydrogen-bond donors (Lipinski definition) is 3. The highest BCUT2D eigenvalue weighted by atomic mass is 32.2. The first-order chi connectivity index (χ1) is 19.3. The molecule has 0 unspecified atom stereocenters. The van der Waals surface area contributed by atoms with Gasteiger partial charge in [-0.3, -0.25) is 14.1 Å². The summed E-state index contributed by atoms with van der Waals surface area (Å²) in [6.07, 6.45) is -0.755. The molecule has 41 heavy (non-hydrogen) atoms. The molecule has 2 aromatic carbocycles. The number of nitrogens with two attached hydrogens (primary N) is 1. The third-order valence-electron chi connectivity index (χ3n) is 6.14. The molecule has 0 radical (unpaired) electrons. The van der Waals surface area contributed by atoms with Gasteiger partial charge in [-0.05, 0) is 31.9 Å². The van der Waals surface area contributed by atoms with E-state index in [0.717, 1.165) is 22.5 Å². The lowest BCUT2D eigenvalue weighted by Crippen LogP contribution is -2.71. The van der Waals surface area contributed by atoms with Crippen LogP contribution in [0.1, 0.15) is 43.7 Å². The molecule has 0 aliphatic carbocycles. The topological polar surface area (TPSA) is 191 Å². The summed E-state index contributed by atoms with van der Waals surface area (Å²) in [6, 6.07) is 15.9. The molecule has 1 saturated heterocycles. The number of thiazole rings is 1. The maximum atomic E-state index is 13.3. The molecule has 2 atom stereocenters. The Morgan fingerprint density at radius 2 is 1.68 bits per heavy atom. The first-order valence-electron chi connectivity index (χ1n) is 12.2. The van der Waals surface area contributed by atoms with Gasteiger partial charge >= 0.3 is 16.3 Å². The summed E-state index contributed by atoms with van der Waals surface area (Å²) in [5, 5.41) is 7.77. The number of nitrogens with zero attached hydrogens (tertiary/aromatic N) is 3. The number of amides is 2. The zero-order valence-corrected chi connectivity index (χ0v) is 23.8. The van der Waals surface area contributed by atoms with Crippen LogP contribution in [-0.4, -0.2) is 63.4 Å². The van der Waals surface area contributed by atoms with Crippen LogP contribution in [0.4, 0.5) is 5.13 Å². The number of benzene rings is 2. The number of anilines is 1. The lowest BCUT2D eigenvalue weighted by molar-refractivity contribution is -0.172. The van der Waals surface area contributed by atoms with Crippen LogP contribution in [0, 0.1) is 0 Å². The molecule has 2 amide bonds. The Kier molecular flexibility index (Phi) is 8.42. The van der Waals surface area contributed by atoms with Crippen molar-refractivity contribution in [1.82, 2.24) is 14.6 Å². The highest BCUT2D eigenvalue weighted by molar-refractivity contribution is 7.84. The summed E-state index contributed by atoms with van der Waals surface area (Å²) in [6.45, 7) is 4.12. The minimum atomic E-state index is -4.79. The van der Waals surface area contributed by atoms with Gasteiger partial charge in [0.05, 0.1) is 6.04 Å². The van der Waals surface area contributed by atoms with Gasteiger partial charge in [0, 0.05) is 5.38 Å². The molecule has 4 rings (SSSR count). The first-order valence-corrected chi connectivity index (χ1v) is 14.5. The molecule has 0 spiro atoms. The van der Waals surface area contributed by atoms with Crippen LogP contribution in [0.3, 0.4) is 0 Å². The highest BCUT2D eigenvalue weighted by Gasteiger charge is 2.51. The second kappa shape index (κ2) is 11.6. The number of rotatable bonds is 10. The van der Waals surface area contributed by atoms with Gasteiger partial charge in [-0.2, -0.15) is 8.42 Å². The van der Waals surface area contributed by atoms with Crippen molar-refractivity contribution in [2.45, 2.75) is 44.6 Å². The Morgan fingerprint density at radius 3 is 2.15 bits per heavy atom. The number of ether oxygens (including phenoxy) is 1. The van der Waals surface area contributed by atoms with Gasteiger partial charge in [-0.15, -0.1) is 11.3 Å². The number of esters is 1. The zero-order valence-electron chi connectivity index (χ0n) is 22.1. The molecular weight excluding hydrogens is 574 g/mol. The number of carbonyl (C=O) groups excluding carboxylic acids is 3. The smallest absolute Gasteiger partial charge is 0.362 e. The van der Waals surface area contributed by atoms with Crippen molar-refractivity contribution in [1.29, 1.82) is 0 Å². The monoisotopic (exact) mass is 601 g/mol. The van der Waals surface area contributed by atoms with E-state index in [1.807, 2.05) is 60.7 Å². The van der Waals surface area contributed by atoms with Crippen LogP contribution in [-0.2, 0) is 34.3 Å². The van der Waals surface area contributed by atoms with E-state index in [0.29, 0.717) is 0 Å². The summed E-state index contributed by atoms with van der Waals surface area (Å²) >= 11 is 1.01. The molecule has 4 N–H and O–H groups in total. The fraction of sp³-hybridized carbons (Fsp3) is 0.269. The van der Waals surface area contributed by atoms with E-state index in [9.17, 15) is 27.4 Å². The van der Waals surface area contributed by atoms with E-state index in [4.69, 9.17) is 15.3 Å². The molecule has 15 heteroatoms. The summed E-state index contributed by atoms with van der Waals surface area (Å²) in [7, 11) is -4.79. The van der Waals surface area contributed by atoms with Crippen molar-refractivity contribution < 1.29 is 36.9 Å². The minimum absolute atomic E-state index is 0.00771. The number of hydrogen-bond acceptors (Lipinski definition) is 11. The Bertz CT molecular complexity index is 1540.